The molecule has 1 atom stereocenters. The molecule has 0 bridgehead atoms. The van der Waals surface area contributed by atoms with Gasteiger partial charge in [0.25, 0.3) is 5.91 Å². The van der Waals surface area contributed by atoms with Crippen molar-refractivity contribution in [2.45, 2.75) is 26.4 Å². The van der Waals surface area contributed by atoms with Crippen molar-refractivity contribution in [1.29, 1.82) is 0 Å². The van der Waals surface area contributed by atoms with Gasteiger partial charge in [-0.25, -0.2) is 4.79 Å². The van der Waals surface area contributed by atoms with E-state index in [1.54, 1.807) is 18.2 Å². The van der Waals surface area contributed by atoms with Crippen LogP contribution in [0.5, 0.6) is 0 Å². The lowest BCUT2D eigenvalue weighted by Crippen LogP contribution is -2.23. The number of esters is 1. The molecule has 140 valence electrons. The second-order valence-corrected chi connectivity index (χ2v) is 7.20. The fourth-order valence-corrected chi connectivity index (χ4v) is 3.43. The van der Waals surface area contributed by atoms with E-state index < -0.39 is 0 Å². The van der Waals surface area contributed by atoms with E-state index in [4.69, 9.17) is 4.74 Å². The predicted molar refractivity (Wildman–Crippen MR) is 109 cm³/mol. The summed E-state index contributed by atoms with van der Waals surface area (Å²) in [6.45, 7) is 4.00. The SMILES string of the molecule is Cc1ccc([C@H]2Cc3cc(C(=O)Nc4cccc(C)c4)ccc3C(=O)O2)cc1. The maximum absolute atomic E-state index is 12.7. The molecule has 1 aliphatic rings. The van der Waals surface area contributed by atoms with Gasteiger partial charge in [0.2, 0.25) is 0 Å². The van der Waals surface area contributed by atoms with E-state index in [2.05, 4.69) is 5.32 Å². The van der Waals surface area contributed by atoms with Gasteiger partial charge in [0.15, 0.2) is 0 Å². The van der Waals surface area contributed by atoms with Gasteiger partial charge in [-0.2, -0.15) is 0 Å². The minimum absolute atomic E-state index is 0.195. The van der Waals surface area contributed by atoms with Gasteiger partial charge >= 0.3 is 5.97 Å². The lowest BCUT2D eigenvalue weighted by atomic mass is 9.92. The minimum Gasteiger partial charge on any atom is -0.454 e. The first-order valence-electron chi connectivity index (χ1n) is 9.28. The lowest BCUT2D eigenvalue weighted by Gasteiger charge is -2.25. The Balaban J connectivity index is 1.58. The van der Waals surface area contributed by atoms with Crippen molar-refractivity contribution < 1.29 is 14.3 Å². The average Bonchev–Trinajstić information content (AvgIpc) is 2.68. The van der Waals surface area contributed by atoms with E-state index >= 15 is 0 Å². The van der Waals surface area contributed by atoms with Gasteiger partial charge in [0, 0.05) is 17.7 Å². The van der Waals surface area contributed by atoms with Crippen molar-refractivity contribution in [3.63, 3.8) is 0 Å². The topological polar surface area (TPSA) is 55.4 Å². The molecule has 1 aliphatic heterocycles. The zero-order valence-corrected chi connectivity index (χ0v) is 15.9. The number of carbonyl (C=O) groups excluding carboxylic acids is 2. The summed E-state index contributed by atoms with van der Waals surface area (Å²) in [7, 11) is 0. The van der Waals surface area contributed by atoms with Gasteiger partial charge in [0.1, 0.15) is 6.10 Å². The highest BCUT2D eigenvalue weighted by Crippen LogP contribution is 2.31. The molecule has 1 amide bonds. The average molecular weight is 371 g/mol. The number of aryl methyl sites for hydroxylation is 2. The van der Waals surface area contributed by atoms with Gasteiger partial charge < -0.3 is 10.1 Å². The minimum atomic E-state index is -0.350. The maximum Gasteiger partial charge on any atom is 0.339 e. The van der Waals surface area contributed by atoms with Crippen LogP contribution in [0.15, 0.2) is 66.7 Å². The van der Waals surface area contributed by atoms with Crippen molar-refractivity contribution in [1.82, 2.24) is 0 Å². The first kappa shape index (κ1) is 18.0. The Hall–Kier alpha value is -3.40. The van der Waals surface area contributed by atoms with Crippen LogP contribution in [0, 0.1) is 13.8 Å². The molecule has 1 N–H and O–H groups in total. The Morgan fingerprint density at radius 3 is 2.50 bits per heavy atom. The number of rotatable bonds is 3. The third-order valence-corrected chi connectivity index (χ3v) is 4.97. The second-order valence-electron chi connectivity index (χ2n) is 7.20. The fraction of sp³-hybridized carbons (Fsp3) is 0.167. The van der Waals surface area contributed by atoms with Gasteiger partial charge in [0.05, 0.1) is 5.56 Å². The van der Waals surface area contributed by atoms with Crippen LogP contribution in [0.3, 0.4) is 0 Å². The molecule has 1 heterocycles. The molecule has 0 aromatic heterocycles. The Bertz CT molecular complexity index is 1050. The third-order valence-electron chi connectivity index (χ3n) is 4.97. The van der Waals surface area contributed by atoms with E-state index in [1.807, 2.05) is 62.4 Å². The Morgan fingerprint density at radius 1 is 0.964 bits per heavy atom. The van der Waals surface area contributed by atoms with Crippen LogP contribution in [0.4, 0.5) is 5.69 Å². The Labute approximate surface area is 164 Å². The van der Waals surface area contributed by atoms with Gasteiger partial charge in [-0.3, -0.25) is 4.79 Å². The normalized spacial score (nSPS) is 15.5. The summed E-state index contributed by atoms with van der Waals surface area (Å²) in [4.78, 5) is 25.1. The van der Waals surface area contributed by atoms with Crippen LogP contribution in [0.25, 0.3) is 0 Å². The number of hydrogen-bond donors (Lipinski definition) is 1. The molecule has 0 unspecified atom stereocenters. The summed E-state index contributed by atoms with van der Waals surface area (Å²) >= 11 is 0. The van der Waals surface area contributed by atoms with Crippen LogP contribution in [0.1, 0.15) is 49.1 Å². The first-order chi connectivity index (χ1) is 13.5. The van der Waals surface area contributed by atoms with Crippen molar-refractivity contribution >= 4 is 17.6 Å². The molecule has 4 nitrogen and oxygen atoms in total. The highest BCUT2D eigenvalue weighted by atomic mass is 16.5. The number of nitrogens with one attached hydrogen (secondary N) is 1. The highest BCUT2D eigenvalue weighted by Gasteiger charge is 2.28. The molecule has 4 rings (SSSR count). The van der Waals surface area contributed by atoms with Gasteiger partial charge in [-0.1, -0.05) is 42.0 Å². The van der Waals surface area contributed by atoms with Crippen LogP contribution >= 0.6 is 0 Å². The van der Waals surface area contributed by atoms with Crippen LogP contribution in [-0.2, 0) is 11.2 Å². The van der Waals surface area contributed by atoms with E-state index in [0.717, 1.165) is 27.9 Å². The quantitative estimate of drug-likeness (QED) is 0.659. The van der Waals surface area contributed by atoms with Crippen molar-refractivity contribution in [2.75, 3.05) is 5.32 Å². The number of anilines is 1. The number of cyclic esters (lactones) is 1. The molecule has 0 saturated carbocycles. The number of hydrogen-bond acceptors (Lipinski definition) is 3. The summed E-state index contributed by atoms with van der Waals surface area (Å²) in [5.74, 6) is -0.545. The molecule has 28 heavy (non-hydrogen) atoms. The van der Waals surface area contributed by atoms with Crippen LogP contribution in [0.2, 0.25) is 0 Å². The molecule has 4 heteroatoms. The number of amides is 1. The van der Waals surface area contributed by atoms with Gasteiger partial charge in [-0.05, 0) is 60.9 Å². The first-order valence-corrected chi connectivity index (χ1v) is 9.28. The predicted octanol–water partition coefficient (Wildman–Crippen LogP) is 5.01. The summed E-state index contributed by atoms with van der Waals surface area (Å²) in [5.41, 5.74) is 5.82. The Morgan fingerprint density at radius 2 is 1.75 bits per heavy atom. The zero-order chi connectivity index (χ0) is 19.7. The van der Waals surface area contributed by atoms with E-state index in [1.165, 1.54) is 0 Å². The summed E-state index contributed by atoms with van der Waals surface area (Å²) in [6, 6.07) is 20.8. The van der Waals surface area contributed by atoms with E-state index in [9.17, 15) is 9.59 Å². The van der Waals surface area contributed by atoms with Crippen LogP contribution < -0.4 is 5.32 Å². The van der Waals surface area contributed by atoms with Crippen LogP contribution in [-0.4, -0.2) is 11.9 Å². The molecular formula is C24H21NO3. The Kier molecular flexibility index (Phi) is 4.70. The highest BCUT2D eigenvalue weighted by molar-refractivity contribution is 6.05. The molecule has 0 fully saturated rings. The second kappa shape index (κ2) is 7.31. The number of fused-ring (bicyclic) bond motifs is 1. The van der Waals surface area contributed by atoms with E-state index in [0.29, 0.717) is 17.5 Å². The fourth-order valence-electron chi connectivity index (χ4n) is 3.43. The van der Waals surface area contributed by atoms with E-state index in [-0.39, 0.29) is 18.0 Å². The molecule has 3 aromatic carbocycles. The number of carbonyl (C=O) groups is 2. The molecular weight excluding hydrogens is 350 g/mol. The van der Waals surface area contributed by atoms with Crippen molar-refractivity contribution in [3.8, 4) is 0 Å². The number of benzene rings is 3. The third kappa shape index (κ3) is 3.67. The summed E-state index contributed by atoms with van der Waals surface area (Å²) < 4.78 is 5.61. The van der Waals surface area contributed by atoms with Gasteiger partial charge in [-0.15, -0.1) is 0 Å². The largest absolute Gasteiger partial charge is 0.454 e. The molecule has 0 saturated heterocycles. The molecule has 0 spiro atoms. The smallest absolute Gasteiger partial charge is 0.339 e. The summed E-state index contributed by atoms with van der Waals surface area (Å²) in [5, 5.41) is 2.91. The lowest BCUT2D eigenvalue weighted by molar-refractivity contribution is 0.0252. The molecule has 3 aromatic rings. The van der Waals surface area contributed by atoms with Crippen molar-refractivity contribution in [2.24, 2.45) is 0 Å². The summed E-state index contributed by atoms with van der Waals surface area (Å²) in [6.07, 6.45) is 0.214. The standard InChI is InChI=1S/C24H21NO3/c1-15-6-8-17(9-7-15)22-14-19-13-18(10-11-21(19)24(27)28-22)23(26)25-20-5-3-4-16(2)12-20/h3-13,22H,14H2,1-2H3,(H,25,26)/t22-/m1/s1. The number of ether oxygens (including phenoxy) is 1. The molecule has 0 radical (unpaired) electrons. The monoisotopic (exact) mass is 371 g/mol. The zero-order valence-electron chi connectivity index (χ0n) is 15.9. The molecule has 0 aliphatic carbocycles. The van der Waals surface area contributed by atoms with Crippen molar-refractivity contribution in [3.05, 3.63) is 100 Å². The maximum atomic E-state index is 12.7.